The fraction of sp³-hybridized carbons (Fsp3) is 0.789. The van der Waals surface area contributed by atoms with Gasteiger partial charge in [0.2, 0.25) is 23.6 Å². The van der Waals surface area contributed by atoms with E-state index in [1.54, 1.807) is 14.0 Å². The molecular weight excluding hydrogens is 364 g/mol. The average Bonchev–Trinajstić information content (AvgIpc) is 2.76. The largest absolute Gasteiger partial charge is 0.375 e. The molecule has 0 aromatic carbocycles. The summed E-state index contributed by atoms with van der Waals surface area (Å²) in [6.45, 7) is 9.61. The van der Waals surface area contributed by atoms with Crippen LogP contribution in [0.15, 0.2) is 0 Å². The van der Waals surface area contributed by atoms with Crippen molar-refractivity contribution in [2.75, 3.05) is 20.2 Å². The van der Waals surface area contributed by atoms with E-state index in [0.717, 1.165) is 0 Å². The van der Waals surface area contributed by atoms with Crippen LogP contribution in [0, 0.1) is 5.92 Å². The number of nitrogens with zero attached hydrogens (tertiary/aromatic N) is 1. The molecule has 0 aromatic rings. The third kappa shape index (κ3) is 7.93. The summed E-state index contributed by atoms with van der Waals surface area (Å²) in [6, 6.07) is 0. The van der Waals surface area contributed by atoms with Crippen LogP contribution in [0.3, 0.4) is 0 Å². The molecule has 1 saturated heterocycles. The number of carbonyl (C=O) groups is 4. The number of hydrazine groups is 1. The van der Waals surface area contributed by atoms with Gasteiger partial charge < -0.3 is 10.1 Å². The molecule has 28 heavy (non-hydrogen) atoms. The fourth-order valence-electron chi connectivity index (χ4n) is 3.00. The van der Waals surface area contributed by atoms with Crippen LogP contribution >= 0.6 is 0 Å². The molecule has 0 aromatic heterocycles. The summed E-state index contributed by atoms with van der Waals surface area (Å²) in [7, 11) is 1.62. The highest BCUT2D eigenvalue weighted by molar-refractivity contribution is 6.03. The fourth-order valence-corrected chi connectivity index (χ4v) is 3.00. The molecule has 0 aliphatic carbocycles. The minimum absolute atomic E-state index is 0.0736. The molecule has 1 fully saturated rings. The molecule has 1 aliphatic rings. The van der Waals surface area contributed by atoms with E-state index < -0.39 is 11.1 Å². The zero-order valence-corrected chi connectivity index (χ0v) is 17.8. The number of nitrogens with one attached hydrogen (secondary N) is 3. The third-order valence-corrected chi connectivity index (χ3v) is 4.58. The average molecular weight is 399 g/mol. The number of rotatable bonds is 11. The molecule has 1 rings (SSSR count). The van der Waals surface area contributed by atoms with E-state index in [2.05, 4.69) is 16.2 Å². The van der Waals surface area contributed by atoms with Gasteiger partial charge >= 0.3 is 0 Å². The van der Waals surface area contributed by atoms with E-state index in [-0.39, 0.29) is 55.4 Å². The summed E-state index contributed by atoms with van der Waals surface area (Å²) < 4.78 is 5.81. The number of hydrogen-bond donors (Lipinski definition) is 3. The Labute approximate surface area is 166 Å². The quantitative estimate of drug-likeness (QED) is 0.345. The first-order chi connectivity index (χ1) is 12.9. The van der Waals surface area contributed by atoms with E-state index in [1.165, 1.54) is 4.90 Å². The zero-order chi connectivity index (χ0) is 21.5. The van der Waals surface area contributed by atoms with Gasteiger partial charge in [-0.25, -0.2) is 5.43 Å². The van der Waals surface area contributed by atoms with Crippen molar-refractivity contribution >= 4 is 23.6 Å². The summed E-state index contributed by atoms with van der Waals surface area (Å²) in [5.41, 5.74) is 3.93. The molecule has 1 heterocycles. The number of hydrogen-bond acceptors (Lipinski definition) is 6. The molecule has 9 heteroatoms. The van der Waals surface area contributed by atoms with Crippen LogP contribution < -0.4 is 16.2 Å². The Kier molecular flexibility index (Phi) is 8.56. The van der Waals surface area contributed by atoms with E-state index in [9.17, 15) is 19.2 Å². The first-order valence-electron chi connectivity index (χ1n) is 9.61. The topological polar surface area (TPSA) is 117 Å². The predicted molar refractivity (Wildman–Crippen MR) is 104 cm³/mol. The standard InChI is InChI=1S/C19H34N4O5/c1-13-11-16(26)23(17(13)27)9-7-14(24)21-18(2,3)8-10-28-19(4,5)12-15(25)22-20-6/h13,20H,7-12H2,1-6H3,(H,21,24)(H,22,25). The smallest absolute Gasteiger partial charge is 0.236 e. The first-order valence-corrected chi connectivity index (χ1v) is 9.61. The van der Waals surface area contributed by atoms with Crippen molar-refractivity contribution in [2.24, 2.45) is 5.92 Å². The minimum atomic E-state index is -0.631. The summed E-state index contributed by atoms with van der Waals surface area (Å²) in [5, 5.41) is 2.91. The van der Waals surface area contributed by atoms with E-state index in [0.29, 0.717) is 13.0 Å². The maximum Gasteiger partial charge on any atom is 0.236 e. The highest BCUT2D eigenvalue weighted by atomic mass is 16.5. The van der Waals surface area contributed by atoms with Crippen LogP contribution in [0.1, 0.15) is 60.3 Å². The van der Waals surface area contributed by atoms with Gasteiger partial charge in [0.25, 0.3) is 0 Å². The second-order valence-corrected chi connectivity index (χ2v) is 8.50. The number of amides is 4. The van der Waals surface area contributed by atoms with Gasteiger partial charge in [-0.15, -0.1) is 0 Å². The normalized spacial score (nSPS) is 17.8. The van der Waals surface area contributed by atoms with Crippen LogP contribution in [-0.4, -0.2) is 59.9 Å². The second kappa shape index (κ2) is 9.97. The van der Waals surface area contributed by atoms with Gasteiger partial charge in [0.15, 0.2) is 0 Å². The number of carbonyl (C=O) groups excluding carboxylic acids is 4. The Morgan fingerprint density at radius 2 is 1.82 bits per heavy atom. The van der Waals surface area contributed by atoms with Crippen LogP contribution in [0.5, 0.6) is 0 Å². The van der Waals surface area contributed by atoms with Crippen LogP contribution in [0.25, 0.3) is 0 Å². The Hall–Kier alpha value is -2.00. The van der Waals surface area contributed by atoms with Gasteiger partial charge in [0.1, 0.15) is 0 Å². The third-order valence-electron chi connectivity index (χ3n) is 4.58. The molecule has 1 unspecified atom stereocenters. The van der Waals surface area contributed by atoms with Crippen molar-refractivity contribution in [3.05, 3.63) is 0 Å². The predicted octanol–water partition coefficient (Wildman–Crippen LogP) is 0.492. The molecule has 9 nitrogen and oxygen atoms in total. The van der Waals surface area contributed by atoms with Gasteiger partial charge in [-0.3, -0.25) is 29.5 Å². The Morgan fingerprint density at radius 1 is 1.18 bits per heavy atom. The maximum absolute atomic E-state index is 12.2. The molecule has 0 bridgehead atoms. The summed E-state index contributed by atoms with van der Waals surface area (Å²) in [4.78, 5) is 48.7. The van der Waals surface area contributed by atoms with Gasteiger partial charge in [-0.05, 0) is 34.1 Å². The number of ether oxygens (including phenoxy) is 1. The van der Waals surface area contributed by atoms with Crippen LogP contribution in [0.4, 0.5) is 0 Å². The Balaban J connectivity index is 2.38. The molecule has 3 N–H and O–H groups in total. The van der Waals surface area contributed by atoms with Crippen LogP contribution in [0.2, 0.25) is 0 Å². The van der Waals surface area contributed by atoms with Gasteiger partial charge in [-0.2, -0.15) is 0 Å². The van der Waals surface area contributed by atoms with E-state index >= 15 is 0 Å². The molecule has 160 valence electrons. The lowest BCUT2D eigenvalue weighted by atomic mass is 10.00. The second-order valence-electron chi connectivity index (χ2n) is 8.50. The molecule has 1 atom stereocenters. The van der Waals surface area contributed by atoms with E-state index in [1.807, 2.05) is 27.7 Å². The first kappa shape index (κ1) is 24.0. The lowest BCUT2D eigenvalue weighted by molar-refractivity contribution is -0.139. The minimum Gasteiger partial charge on any atom is -0.375 e. The molecule has 0 saturated carbocycles. The monoisotopic (exact) mass is 398 g/mol. The van der Waals surface area contributed by atoms with Crippen molar-refractivity contribution in [1.29, 1.82) is 0 Å². The highest BCUT2D eigenvalue weighted by Gasteiger charge is 2.35. The van der Waals surface area contributed by atoms with Crippen molar-refractivity contribution in [3.63, 3.8) is 0 Å². The molecule has 1 aliphatic heterocycles. The molecule has 0 radical (unpaired) electrons. The Bertz CT molecular complexity index is 603. The maximum atomic E-state index is 12.2. The lowest BCUT2D eigenvalue weighted by Gasteiger charge is -2.30. The SMILES string of the molecule is CNNC(=O)CC(C)(C)OCCC(C)(C)NC(=O)CCN1C(=O)CC(C)C1=O. The summed E-state index contributed by atoms with van der Waals surface area (Å²) in [5.74, 6) is -1.13. The van der Waals surface area contributed by atoms with Gasteiger partial charge in [-0.1, -0.05) is 6.92 Å². The molecule has 0 spiro atoms. The van der Waals surface area contributed by atoms with Crippen molar-refractivity contribution in [3.8, 4) is 0 Å². The van der Waals surface area contributed by atoms with Crippen molar-refractivity contribution < 1.29 is 23.9 Å². The molecular formula is C19H34N4O5. The van der Waals surface area contributed by atoms with Gasteiger partial charge in [0, 0.05) is 44.5 Å². The number of likely N-dealkylation sites (tertiary alicyclic amines) is 1. The number of imide groups is 1. The lowest BCUT2D eigenvalue weighted by Crippen LogP contribution is -2.46. The zero-order valence-electron chi connectivity index (χ0n) is 17.8. The highest BCUT2D eigenvalue weighted by Crippen LogP contribution is 2.19. The van der Waals surface area contributed by atoms with Gasteiger partial charge in [0.05, 0.1) is 12.0 Å². The van der Waals surface area contributed by atoms with Crippen molar-refractivity contribution in [2.45, 2.75) is 71.4 Å². The van der Waals surface area contributed by atoms with Crippen LogP contribution in [-0.2, 0) is 23.9 Å². The Morgan fingerprint density at radius 3 is 2.36 bits per heavy atom. The summed E-state index contributed by atoms with van der Waals surface area (Å²) >= 11 is 0. The van der Waals surface area contributed by atoms with Crippen molar-refractivity contribution in [1.82, 2.24) is 21.1 Å². The van der Waals surface area contributed by atoms with E-state index in [4.69, 9.17) is 4.74 Å². The molecule has 4 amide bonds. The summed E-state index contributed by atoms with van der Waals surface area (Å²) in [6.07, 6.45) is 1.04.